The molecule has 0 aliphatic carbocycles. The van der Waals surface area contributed by atoms with Crippen LogP contribution in [0.25, 0.3) is 0 Å². The second kappa shape index (κ2) is 3.68. The molecule has 78 valence electrons. The highest BCUT2D eigenvalue weighted by Gasteiger charge is 2.29. The lowest BCUT2D eigenvalue weighted by Gasteiger charge is -2.13. The maximum Gasteiger partial charge on any atom is 0.252 e. The van der Waals surface area contributed by atoms with Gasteiger partial charge in [0.15, 0.2) is 0 Å². The number of anilines is 1. The molecule has 1 amide bonds. The first kappa shape index (κ1) is 9.64. The van der Waals surface area contributed by atoms with Crippen molar-refractivity contribution in [1.82, 2.24) is 9.97 Å². The van der Waals surface area contributed by atoms with Crippen molar-refractivity contribution in [1.29, 1.82) is 0 Å². The van der Waals surface area contributed by atoms with E-state index in [1.54, 1.807) is 6.08 Å². The van der Waals surface area contributed by atoms with Crippen LogP contribution in [0.1, 0.15) is 6.42 Å². The number of nitrogens with one attached hydrogen (secondary N) is 1. The molecule has 1 unspecified atom stereocenters. The van der Waals surface area contributed by atoms with Crippen molar-refractivity contribution in [2.75, 3.05) is 11.4 Å². The third kappa shape index (κ3) is 1.81. The highest BCUT2D eigenvalue weighted by Crippen LogP contribution is 2.21. The van der Waals surface area contributed by atoms with Gasteiger partial charge < -0.3 is 0 Å². The summed E-state index contributed by atoms with van der Waals surface area (Å²) in [6.45, 7) is 4.19. The molecule has 1 aromatic rings. The number of H-pyrrole nitrogens is 1. The zero-order chi connectivity index (χ0) is 10.8. The van der Waals surface area contributed by atoms with Crippen LogP contribution in [0.5, 0.6) is 0 Å². The minimum Gasteiger partial charge on any atom is -0.292 e. The molecule has 2 rings (SSSR count). The standard InChI is InChI=1S/C10H11N3O2/c1-2-7-5-9(15)13(6-7)10-11-4-3-8(14)12-10/h2-4,7H,1,5-6H2,(H,11,12,14). The normalized spacial score (nSPS) is 20.7. The zero-order valence-electron chi connectivity index (χ0n) is 8.14. The first-order valence-corrected chi connectivity index (χ1v) is 4.69. The van der Waals surface area contributed by atoms with Crippen molar-refractivity contribution in [2.24, 2.45) is 5.92 Å². The molecule has 2 heterocycles. The summed E-state index contributed by atoms with van der Waals surface area (Å²) >= 11 is 0. The molecule has 1 fully saturated rings. The third-order valence-corrected chi connectivity index (χ3v) is 2.40. The molecule has 15 heavy (non-hydrogen) atoms. The molecule has 1 saturated heterocycles. The Hall–Kier alpha value is -1.91. The van der Waals surface area contributed by atoms with Crippen molar-refractivity contribution in [3.05, 3.63) is 35.3 Å². The van der Waals surface area contributed by atoms with E-state index >= 15 is 0 Å². The van der Waals surface area contributed by atoms with E-state index in [1.165, 1.54) is 17.2 Å². The van der Waals surface area contributed by atoms with Gasteiger partial charge in [-0.05, 0) is 0 Å². The van der Waals surface area contributed by atoms with Gasteiger partial charge in [0.25, 0.3) is 5.56 Å². The van der Waals surface area contributed by atoms with E-state index in [0.29, 0.717) is 18.9 Å². The Kier molecular flexibility index (Phi) is 2.37. The van der Waals surface area contributed by atoms with Crippen LogP contribution in [0.3, 0.4) is 0 Å². The number of carbonyl (C=O) groups is 1. The lowest BCUT2D eigenvalue weighted by atomic mass is 10.1. The molecule has 5 nitrogen and oxygen atoms in total. The Morgan fingerprint density at radius 1 is 1.60 bits per heavy atom. The minimum atomic E-state index is -0.255. The van der Waals surface area contributed by atoms with Crippen LogP contribution in [0.15, 0.2) is 29.7 Å². The van der Waals surface area contributed by atoms with E-state index in [1.807, 2.05) is 0 Å². The molecular formula is C10H11N3O2. The highest BCUT2D eigenvalue weighted by atomic mass is 16.2. The Labute approximate surface area is 86.4 Å². The molecule has 0 saturated carbocycles. The molecule has 0 bridgehead atoms. The van der Waals surface area contributed by atoms with Gasteiger partial charge in [-0.3, -0.25) is 19.5 Å². The van der Waals surface area contributed by atoms with Crippen molar-refractivity contribution in [3.8, 4) is 0 Å². The van der Waals surface area contributed by atoms with E-state index in [4.69, 9.17) is 0 Å². The van der Waals surface area contributed by atoms with Crippen molar-refractivity contribution < 1.29 is 4.79 Å². The van der Waals surface area contributed by atoms with Crippen LogP contribution < -0.4 is 10.5 Å². The van der Waals surface area contributed by atoms with Crippen LogP contribution in [0, 0.1) is 5.92 Å². The van der Waals surface area contributed by atoms with Crippen LogP contribution in [0.4, 0.5) is 5.95 Å². The van der Waals surface area contributed by atoms with E-state index in [0.717, 1.165) is 0 Å². The maximum absolute atomic E-state index is 11.6. The summed E-state index contributed by atoms with van der Waals surface area (Å²) < 4.78 is 0. The van der Waals surface area contributed by atoms with Crippen LogP contribution in [-0.2, 0) is 4.79 Å². The topological polar surface area (TPSA) is 66.1 Å². The Morgan fingerprint density at radius 2 is 2.40 bits per heavy atom. The van der Waals surface area contributed by atoms with Gasteiger partial charge in [0.1, 0.15) is 0 Å². The summed E-state index contributed by atoms with van der Waals surface area (Å²) in [7, 11) is 0. The second-order valence-corrected chi connectivity index (χ2v) is 3.46. The summed E-state index contributed by atoms with van der Waals surface area (Å²) in [4.78, 5) is 30.6. The molecule has 1 atom stereocenters. The Balaban J connectivity index is 2.29. The molecule has 1 aliphatic rings. The Bertz CT molecular complexity index is 452. The third-order valence-electron chi connectivity index (χ3n) is 2.40. The quantitative estimate of drug-likeness (QED) is 0.706. The molecular weight excluding hydrogens is 194 g/mol. The predicted octanol–water partition coefficient (Wildman–Crippen LogP) is 0.309. The number of aromatic nitrogens is 2. The number of nitrogens with zero attached hydrogens (tertiary/aromatic N) is 2. The van der Waals surface area contributed by atoms with Crippen LogP contribution >= 0.6 is 0 Å². The van der Waals surface area contributed by atoms with Gasteiger partial charge in [0.05, 0.1) is 0 Å². The summed E-state index contributed by atoms with van der Waals surface area (Å²) in [5, 5.41) is 0. The largest absolute Gasteiger partial charge is 0.292 e. The van der Waals surface area contributed by atoms with E-state index in [-0.39, 0.29) is 17.4 Å². The van der Waals surface area contributed by atoms with Gasteiger partial charge in [-0.2, -0.15) is 0 Å². The SMILES string of the molecule is C=CC1CC(=O)N(c2nccc(=O)[nH]2)C1. The lowest BCUT2D eigenvalue weighted by molar-refractivity contribution is -0.117. The minimum absolute atomic E-state index is 0.0331. The number of rotatable bonds is 2. The summed E-state index contributed by atoms with van der Waals surface area (Å²) in [5.41, 5.74) is -0.255. The number of carbonyl (C=O) groups excluding carboxylic acids is 1. The number of hydrogen-bond acceptors (Lipinski definition) is 3. The fourth-order valence-electron chi connectivity index (χ4n) is 1.59. The average Bonchev–Trinajstić information content (AvgIpc) is 2.60. The van der Waals surface area contributed by atoms with Gasteiger partial charge in [-0.25, -0.2) is 4.98 Å². The lowest BCUT2D eigenvalue weighted by Crippen LogP contribution is -2.28. The van der Waals surface area contributed by atoms with Gasteiger partial charge in [-0.15, -0.1) is 6.58 Å². The van der Waals surface area contributed by atoms with Crippen LogP contribution in [-0.4, -0.2) is 22.4 Å². The van der Waals surface area contributed by atoms with E-state index in [2.05, 4.69) is 16.5 Å². The Morgan fingerprint density at radius 3 is 3.00 bits per heavy atom. The van der Waals surface area contributed by atoms with E-state index in [9.17, 15) is 9.59 Å². The fraction of sp³-hybridized carbons (Fsp3) is 0.300. The molecule has 5 heteroatoms. The second-order valence-electron chi connectivity index (χ2n) is 3.46. The molecule has 0 aromatic carbocycles. The fourth-order valence-corrected chi connectivity index (χ4v) is 1.59. The number of amides is 1. The highest BCUT2D eigenvalue weighted by molar-refractivity contribution is 5.94. The van der Waals surface area contributed by atoms with Gasteiger partial charge >= 0.3 is 0 Å². The molecule has 1 N–H and O–H groups in total. The zero-order valence-corrected chi connectivity index (χ0v) is 8.14. The monoisotopic (exact) mass is 205 g/mol. The molecule has 1 aromatic heterocycles. The summed E-state index contributed by atoms with van der Waals surface area (Å²) in [6, 6.07) is 1.31. The van der Waals surface area contributed by atoms with Gasteiger partial charge in [0.2, 0.25) is 11.9 Å². The molecule has 0 spiro atoms. The predicted molar refractivity (Wildman–Crippen MR) is 55.5 cm³/mol. The van der Waals surface area contributed by atoms with Crippen molar-refractivity contribution in [2.45, 2.75) is 6.42 Å². The number of aromatic amines is 1. The summed E-state index contributed by atoms with van der Waals surface area (Å²) in [5.74, 6) is 0.425. The first-order valence-electron chi connectivity index (χ1n) is 4.69. The first-order chi connectivity index (χ1) is 7.20. The van der Waals surface area contributed by atoms with Crippen LogP contribution in [0.2, 0.25) is 0 Å². The summed E-state index contributed by atoms with van der Waals surface area (Å²) in [6.07, 6.45) is 3.57. The molecule has 1 aliphatic heterocycles. The van der Waals surface area contributed by atoms with Crippen molar-refractivity contribution in [3.63, 3.8) is 0 Å². The van der Waals surface area contributed by atoms with Gasteiger partial charge in [-0.1, -0.05) is 6.08 Å². The van der Waals surface area contributed by atoms with Gasteiger partial charge in [0, 0.05) is 31.1 Å². The average molecular weight is 205 g/mol. The maximum atomic E-state index is 11.6. The van der Waals surface area contributed by atoms with Crippen molar-refractivity contribution >= 4 is 11.9 Å². The number of hydrogen-bond donors (Lipinski definition) is 1. The smallest absolute Gasteiger partial charge is 0.252 e. The molecule has 0 radical (unpaired) electrons. The van der Waals surface area contributed by atoms with E-state index < -0.39 is 0 Å².